The van der Waals surface area contributed by atoms with Crippen LogP contribution in [0.2, 0.25) is 0 Å². The maximum atomic E-state index is 13.3. The quantitative estimate of drug-likeness (QED) is 0.830. The first-order valence-electron chi connectivity index (χ1n) is 8.70. The average Bonchev–Trinajstić information content (AvgIpc) is 3.33. The van der Waals surface area contributed by atoms with Crippen LogP contribution in [-0.4, -0.2) is 36.6 Å². The van der Waals surface area contributed by atoms with Crippen LogP contribution in [0.1, 0.15) is 44.6 Å². The molecular formula is C19H26FNO2. The summed E-state index contributed by atoms with van der Waals surface area (Å²) in [4.78, 5) is 14.6. The Morgan fingerprint density at radius 3 is 2.74 bits per heavy atom. The van der Waals surface area contributed by atoms with Crippen LogP contribution in [-0.2, 0) is 9.53 Å². The third kappa shape index (κ3) is 4.11. The third-order valence-electron chi connectivity index (χ3n) is 4.80. The maximum Gasteiger partial charge on any atom is 0.226 e. The van der Waals surface area contributed by atoms with E-state index in [1.807, 2.05) is 11.0 Å². The number of hydrogen-bond acceptors (Lipinski definition) is 2. The second-order valence-electron chi connectivity index (χ2n) is 7.26. The Hall–Kier alpha value is -1.42. The smallest absolute Gasteiger partial charge is 0.226 e. The second kappa shape index (κ2) is 7.00. The number of nitrogens with zero attached hydrogens (tertiary/aromatic N) is 1. The summed E-state index contributed by atoms with van der Waals surface area (Å²) in [5.74, 6) is 0.816. The molecule has 1 saturated carbocycles. The van der Waals surface area contributed by atoms with Gasteiger partial charge in [0.1, 0.15) is 5.82 Å². The highest BCUT2D eigenvalue weighted by atomic mass is 19.1. The van der Waals surface area contributed by atoms with Crippen molar-refractivity contribution in [1.29, 1.82) is 0 Å². The number of rotatable bonds is 5. The summed E-state index contributed by atoms with van der Waals surface area (Å²) in [6, 6.07) is 6.66. The molecule has 2 unspecified atom stereocenters. The van der Waals surface area contributed by atoms with Crippen molar-refractivity contribution in [3.8, 4) is 0 Å². The standard InChI is InChI=1S/C19H26FNO2/c1-13(2)12-23-16-6-8-21(9-7-16)19(22)18-11-17(18)14-4-3-5-15(20)10-14/h3-5,10,13,16-18H,6-9,11-12H2,1-2H3. The number of ether oxygens (including phenoxy) is 1. The molecule has 1 aliphatic carbocycles. The lowest BCUT2D eigenvalue weighted by Gasteiger charge is -2.32. The highest BCUT2D eigenvalue weighted by molar-refractivity contribution is 5.83. The van der Waals surface area contributed by atoms with Crippen LogP contribution >= 0.6 is 0 Å². The highest BCUT2D eigenvalue weighted by Gasteiger charge is 2.46. The van der Waals surface area contributed by atoms with Crippen LogP contribution < -0.4 is 0 Å². The Labute approximate surface area is 137 Å². The Bertz CT molecular complexity index is 552. The summed E-state index contributed by atoms with van der Waals surface area (Å²) in [6.45, 7) is 6.67. The van der Waals surface area contributed by atoms with Crippen LogP contribution in [0.3, 0.4) is 0 Å². The molecule has 3 rings (SSSR count). The lowest BCUT2D eigenvalue weighted by Crippen LogP contribution is -2.42. The van der Waals surface area contributed by atoms with Gasteiger partial charge < -0.3 is 9.64 Å². The van der Waals surface area contributed by atoms with Crippen LogP contribution in [0, 0.1) is 17.7 Å². The Kier molecular flexibility index (Phi) is 5.00. The number of halogens is 1. The van der Waals surface area contributed by atoms with Gasteiger partial charge in [0.05, 0.1) is 6.10 Å². The van der Waals surface area contributed by atoms with Crippen LogP contribution in [0.4, 0.5) is 4.39 Å². The van der Waals surface area contributed by atoms with Gasteiger partial charge in [0, 0.05) is 25.6 Å². The summed E-state index contributed by atoms with van der Waals surface area (Å²) in [7, 11) is 0. The summed E-state index contributed by atoms with van der Waals surface area (Å²) < 4.78 is 19.2. The summed E-state index contributed by atoms with van der Waals surface area (Å²) in [5.41, 5.74) is 0.957. The summed E-state index contributed by atoms with van der Waals surface area (Å²) in [5, 5.41) is 0. The first kappa shape index (κ1) is 16.4. The first-order valence-corrected chi connectivity index (χ1v) is 8.70. The fraction of sp³-hybridized carbons (Fsp3) is 0.632. The molecule has 1 aromatic carbocycles. The van der Waals surface area contributed by atoms with Crippen molar-refractivity contribution < 1.29 is 13.9 Å². The van der Waals surface area contributed by atoms with E-state index in [9.17, 15) is 9.18 Å². The van der Waals surface area contributed by atoms with Gasteiger partial charge in [-0.25, -0.2) is 4.39 Å². The van der Waals surface area contributed by atoms with Gasteiger partial charge >= 0.3 is 0 Å². The molecule has 0 N–H and O–H groups in total. The van der Waals surface area contributed by atoms with Gasteiger partial charge in [0.25, 0.3) is 0 Å². The maximum absolute atomic E-state index is 13.3. The fourth-order valence-electron chi connectivity index (χ4n) is 3.38. The van der Waals surface area contributed by atoms with Crippen molar-refractivity contribution in [2.75, 3.05) is 19.7 Å². The largest absolute Gasteiger partial charge is 0.378 e. The topological polar surface area (TPSA) is 29.5 Å². The molecule has 2 atom stereocenters. The van der Waals surface area contributed by atoms with Crippen molar-refractivity contribution in [1.82, 2.24) is 4.90 Å². The van der Waals surface area contributed by atoms with E-state index in [0.29, 0.717) is 12.0 Å². The zero-order valence-corrected chi connectivity index (χ0v) is 14.0. The summed E-state index contributed by atoms with van der Waals surface area (Å²) in [6.07, 6.45) is 3.00. The fourth-order valence-corrected chi connectivity index (χ4v) is 3.38. The molecule has 0 bridgehead atoms. The van der Waals surface area contributed by atoms with Gasteiger partial charge in [-0.3, -0.25) is 4.79 Å². The molecule has 126 valence electrons. The van der Waals surface area contributed by atoms with Gasteiger partial charge in [0.15, 0.2) is 0 Å². The van der Waals surface area contributed by atoms with Crippen molar-refractivity contribution >= 4 is 5.91 Å². The molecule has 1 saturated heterocycles. The molecule has 0 spiro atoms. The van der Waals surface area contributed by atoms with Crippen LogP contribution in [0.25, 0.3) is 0 Å². The Morgan fingerprint density at radius 2 is 2.09 bits per heavy atom. The van der Waals surface area contributed by atoms with Crippen LogP contribution in [0.5, 0.6) is 0 Å². The van der Waals surface area contributed by atoms with E-state index < -0.39 is 0 Å². The zero-order valence-electron chi connectivity index (χ0n) is 14.0. The van der Waals surface area contributed by atoms with Gasteiger partial charge in [-0.2, -0.15) is 0 Å². The minimum atomic E-state index is -0.219. The molecule has 1 amide bonds. The molecule has 2 fully saturated rings. The molecule has 0 radical (unpaired) electrons. The number of benzene rings is 1. The highest BCUT2D eigenvalue weighted by Crippen LogP contribution is 2.48. The normalized spacial score (nSPS) is 25.0. The molecule has 3 nitrogen and oxygen atoms in total. The molecule has 1 aliphatic heterocycles. The number of piperidine rings is 1. The molecule has 4 heteroatoms. The van der Waals surface area contributed by atoms with E-state index in [2.05, 4.69) is 13.8 Å². The summed E-state index contributed by atoms with van der Waals surface area (Å²) >= 11 is 0. The minimum Gasteiger partial charge on any atom is -0.378 e. The molecule has 1 aromatic rings. The van der Waals surface area contributed by atoms with E-state index >= 15 is 0 Å². The van der Waals surface area contributed by atoms with Crippen molar-refractivity contribution in [2.45, 2.75) is 45.1 Å². The monoisotopic (exact) mass is 319 g/mol. The molecular weight excluding hydrogens is 293 g/mol. The lowest BCUT2D eigenvalue weighted by molar-refractivity contribution is -0.135. The third-order valence-corrected chi connectivity index (χ3v) is 4.80. The number of likely N-dealkylation sites (tertiary alicyclic amines) is 1. The molecule has 1 heterocycles. The van der Waals surface area contributed by atoms with Crippen LogP contribution in [0.15, 0.2) is 24.3 Å². The lowest BCUT2D eigenvalue weighted by atomic mass is 10.1. The molecule has 23 heavy (non-hydrogen) atoms. The van der Waals surface area contributed by atoms with Gasteiger partial charge in [0.2, 0.25) is 5.91 Å². The predicted molar refractivity (Wildman–Crippen MR) is 87.6 cm³/mol. The van der Waals surface area contributed by atoms with Crippen molar-refractivity contribution in [2.24, 2.45) is 11.8 Å². The van der Waals surface area contributed by atoms with E-state index in [0.717, 1.165) is 44.5 Å². The number of hydrogen-bond donors (Lipinski definition) is 0. The van der Waals surface area contributed by atoms with E-state index in [4.69, 9.17) is 4.74 Å². The SMILES string of the molecule is CC(C)COC1CCN(C(=O)C2CC2c2cccc(F)c2)CC1. The first-order chi connectivity index (χ1) is 11.0. The van der Waals surface area contributed by atoms with Gasteiger partial charge in [-0.1, -0.05) is 26.0 Å². The zero-order chi connectivity index (χ0) is 16.4. The Morgan fingerprint density at radius 1 is 1.35 bits per heavy atom. The van der Waals surface area contributed by atoms with E-state index in [1.54, 1.807) is 12.1 Å². The number of carbonyl (C=O) groups is 1. The van der Waals surface area contributed by atoms with E-state index in [1.165, 1.54) is 6.07 Å². The second-order valence-corrected chi connectivity index (χ2v) is 7.26. The number of carbonyl (C=O) groups excluding carboxylic acids is 1. The molecule has 0 aromatic heterocycles. The van der Waals surface area contributed by atoms with Crippen molar-refractivity contribution in [3.63, 3.8) is 0 Å². The number of amides is 1. The Balaban J connectivity index is 1.47. The predicted octanol–water partition coefficient (Wildman–Crippen LogP) is 3.59. The van der Waals surface area contributed by atoms with E-state index in [-0.39, 0.29) is 23.6 Å². The van der Waals surface area contributed by atoms with Gasteiger partial charge in [-0.15, -0.1) is 0 Å². The van der Waals surface area contributed by atoms with Gasteiger partial charge in [-0.05, 0) is 48.8 Å². The average molecular weight is 319 g/mol. The van der Waals surface area contributed by atoms with Crippen molar-refractivity contribution in [3.05, 3.63) is 35.6 Å². The molecule has 2 aliphatic rings. The minimum absolute atomic E-state index is 0.0462.